The van der Waals surface area contributed by atoms with E-state index >= 15 is 0 Å². The highest BCUT2D eigenvalue weighted by atomic mass is 16.5. The van der Waals surface area contributed by atoms with Crippen molar-refractivity contribution in [3.8, 4) is 17.3 Å². The van der Waals surface area contributed by atoms with Crippen molar-refractivity contribution in [2.45, 2.75) is 83.6 Å². The summed E-state index contributed by atoms with van der Waals surface area (Å²) in [5, 5.41) is 21.5. The quantitative estimate of drug-likeness (QED) is 0.287. The number of aliphatic hydroxyl groups excluding tert-OH is 1. The van der Waals surface area contributed by atoms with Crippen LogP contribution < -0.4 is 20.1 Å². The Morgan fingerprint density at radius 2 is 2.00 bits per heavy atom. The third kappa shape index (κ3) is 7.26. The van der Waals surface area contributed by atoms with Crippen molar-refractivity contribution < 1.29 is 24.2 Å². The Morgan fingerprint density at radius 3 is 2.64 bits per heavy atom. The molecule has 0 radical (unpaired) electrons. The molecule has 39 heavy (non-hydrogen) atoms. The molecule has 2 aromatic heterocycles. The summed E-state index contributed by atoms with van der Waals surface area (Å²) in [5.74, 6) is 0.904. The van der Waals surface area contributed by atoms with Crippen LogP contribution in [0.15, 0.2) is 42.7 Å². The number of nitrogens with zero attached hydrogens (tertiary/aromatic N) is 3. The van der Waals surface area contributed by atoms with Gasteiger partial charge < -0.3 is 25.2 Å². The number of fused-ring (bicyclic) bond motifs is 1. The molecule has 10 heteroatoms. The molecule has 2 heterocycles. The van der Waals surface area contributed by atoms with E-state index in [0.717, 1.165) is 24.6 Å². The summed E-state index contributed by atoms with van der Waals surface area (Å²) < 4.78 is 13.5. The summed E-state index contributed by atoms with van der Waals surface area (Å²) in [5.41, 5.74) is 0.707. The van der Waals surface area contributed by atoms with Gasteiger partial charge in [0.1, 0.15) is 11.5 Å². The molecular formula is C29H39N5O5. The van der Waals surface area contributed by atoms with Crippen molar-refractivity contribution in [3.63, 3.8) is 0 Å². The van der Waals surface area contributed by atoms with Crippen LogP contribution in [-0.2, 0) is 9.59 Å². The lowest BCUT2D eigenvalue weighted by Gasteiger charge is -2.26. The number of hydrogen-bond acceptors (Lipinski definition) is 7. The number of pyridine rings is 1. The molecule has 1 aromatic carbocycles. The summed E-state index contributed by atoms with van der Waals surface area (Å²) in [7, 11) is 1.61. The number of carbonyl (C=O) groups excluding carboxylic acids is 2. The Labute approximate surface area is 229 Å². The number of hydrogen-bond donors (Lipinski definition) is 3. The number of methoxy groups -OCH3 is 1. The van der Waals surface area contributed by atoms with E-state index in [1.165, 1.54) is 0 Å². The molecule has 1 fully saturated rings. The number of ether oxygens (including phenoxy) is 2. The number of carbonyl (C=O) groups is 2. The van der Waals surface area contributed by atoms with Gasteiger partial charge in [-0.25, -0.2) is 9.67 Å². The van der Waals surface area contributed by atoms with Gasteiger partial charge in [0.15, 0.2) is 11.9 Å². The molecular weight excluding hydrogens is 498 g/mol. The minimum atomic E-state index is -1.28. The lowest BCUT2D eigenvalue weighted by molar-refractivity contribution is -0.133. The Hall–Kier alpha value is -3.66. The van der Waals surface area contributed by atoms with Crippen molar-refractivity contribution in [2.24, 2.45) is 5.92 Å². The van der Waals surface area contributed by atoms with E-state index < -0.39 is 24.0 Å². The van der Waals surface area contributed by atoms with Crippen molar-refractivity contribution in [3.05, 3.63) is 42.7 Å². The van der Waals surface area contributed by atoms with Gasteiger partial charge in [-0.2, -0.15) is 5.10 Å². The van der Waals surface area contributed by atoms with Crippen LogP contribution in [0.5, 0.6) is 11.5 Å². The Balaban J connectivity index is 1.47. The smallest absolute Gasteiger partial charge is 0.251 e. The second kappa shape index (κ2) is 12.9. The van der Waals surface area contributed by atoms with Gasteiger partial charge in [-0.15, -0.1) is 0 Å². The number of aliphatic hydroxyl groups is 1. The van der Waals surface area contributed by atoms with E-state index in [1.807, 2.05) is 57.3 Å². The SMILES string of the molecule is CCC[C@H](NC(=O)[C@@H](C)C[C@H](CC)Oc1cc(-n2cccn2)nc2cc(OC)ccc12)[C@H](O)C(=O)NC1CC1. The topological polar surface area (TPSA) is 128 Å². The summed E-state index contributed by atoms with van der Waals surface area (Å²) in [4.78, 5) is 30.3. The van der Waals surface area contributed by atoms with E-state index in [1.54, 1.807) is 18.0 Å². The zero-order valence-electron chi connectivity index (χ0n) is 23.1. The second-order valence-corrected chi connectivity index (χ2v) is 10.2. The van der Waals surface area contributed by atoms with Crippen LogP contribution in [0.2, 0.25) is 0 Å². The lowest BCUT2D eigenvalue weighted by atomic mass is 9.98. The first kappa shape index (κ1) is 28.4. The monoisotopic (exact) mass is 537 g/mol. The van der Waals surface area contributed by atoms with Crippen LogP contribution in [0.1, 0.15) is 59.3 Å². The molecule has 210 valence electrons. The van der Waals surface area contributed by atoms with Gasteiger partial charge in [0.25, 0.3) is 5.91 Å². The molecule has 0 aliphatic heterocycles. The molecule has 1 saturated carbocycles. The lowest BCUT2D eigenvalue weighted by Crippen LogP contribution is -2.52. The minimum Gasteiger partial charge on any atom is -0.497 e. The van der Waals surface area contributed by atoms with Gasteiger partial charge in [0, 0.05) is 41.9 Å². The van der Waals surface area contributed by atoms with Gasteiger partial charge in [0.2, 0.25) is 5.91 Å². The van der Waals surface area contributed by atoms with Gasteiger partial charge in [-0.05, 0) is 50.3 Å². The predicted molar refractivity (Wildman–Crippen MR) is 148 cm³/mol. The van der Waals surface area contributed by atoms with Gasteiger partial charge in [-0.1, -0.05) is 27.2 Å². The first-order valence-electron chi connectivity index (χ1n) is 13.8. The maximum absolute atomic E-state index is 13.1. The van der Waals surface area contributed by atoms with Crippen LogP contribution in [0.4, 0.5) is 0 Å². The van der Waals surface area contributed by atoms with E-state index in [9.17, 15) is 14.7 Å². The van der Waals surface area contributed by atoms with Crippen molar-refractivity contribution >= 4 is 22.7 Å². The Bertz CT molecular complexity index is 1260. The molecule has 2 amide bonds. The van der Waals surface area contributed by atoms with Crippen LogP contribution in [0.3, 0.4) is 0 Å². The van der Waals surface area contributed by atoms with E-state index in [0.29, 0.717) is 42.1 Å². The third-order valence-corrected chi connectivity index (χ3v) is 7.02. The molecule has 4 rings (SSSR count). The highest BCUT2D eigenvalue weighted by Gasteiger charge is 2.32. The van der Waals surface area contributed by atoms with Crippen LogP contribution in [0, 0.1) is 5.92 Å². The van der Waals surface area contributed by atoms with E-state index in [4.69, 9.17) is 14.5 Å². The summed E-state index contributed by atoms with van der Waals surface area (Å²) in [6, 6.07) is 8.80. The number of aromatic nitrogens is 3. The molecule has 3 aromatic rings. The molecule has 1 aliphatic rings. The standard InChI is InChI=1S/C29H39N5O5/c1-5-8-23(27(35)29(37)31-19-9-10-19)33-28(36)18(3)15-20(6-2)39-25-17-26(34-14-7-13-30-34)32-24-16-21(38-4)11-12-22(24)25/h7,11-14,16-20,23,27,35H,5-6,8-10,15H2,1-4H3,(H,31,37)(H,33,36)/t18-,20-,23-,27-/m0/s1. The first-order chi connectivity index (χ1) is 18.8. The maximum atomic E-state index is 13.1. The van der Waals surface area contributed by atoms with Gasteiger partial charge in [0.05, 0.1) is 24.8 Å². The average Bonchev–Trinajstić information content (AvgIpc) is 3.58. The fraction of sp³-hybridized carbons (Fsp3) is 0.517. The molecule has 1 aliphatic carbocycles. The fourth-order valence-electron chi connectivity index (χ4n) is 4.53. The van der Waals surface area contributed by atoms with Gasteiger partial charge in [-0.3, -0.25) is 9.59 Å². The second-order valence-electron chi connectivity index (χ2n) is 10.2. The number of amides is 2. The predicted octanol–water partition coefficient (Wildman–Crippen LogP) is 3.54. The number of rotatable bonds is 14. The third-order valence-electron chi connectivity index (χ3n) is 7.02. The van der Waals surface area contributed by atoms with E-state index in [2.05, 4.69) is 15.7 Å². The Morgan fingerprint density at radius 1 is 1.21 bits per heavy atom. The highest BCUT2D eigenvalue weighted by molar-refractivity contribution is 5.87. The summed E-state index contributed by atoms with van der Waals surface area (Å²) in [6.45, 7) is 5.81. The first-order valence-corrected chi connectivity index (χ1v) is 13.8. The average molecular weight is 538 g/mol. The van der Waals surface area contributed by atoms with Crippen molar-refractivity contribution in [2.75, 3.05) is 7.11 Å². The largest absolute Gasteiger partial charge is 0.497 e. The molecule has 3 N–H and O–H groups in total. The summed E-state index contributed by atoms with van der Waals surface area (Å²) >= 11 is 0. The fourth-order valence-corrected chi connectivity index (χ4v) is 4.53. The van der Waals surface area contributed by atoms with E-state index in [-0.39, 0.29) is 18.1 Å². The van der Waals surface area contributed by atoms with Gasteiger partial charge >= 0.3 is 0 Å². The Kier molecular flexibility index (Phi) is 9.40. The van der Waals surface area contributed by atoms with Crippen LogP contribution in [-0.4, -0.2) is 63.1 Å². The highest BCUT2D eigenvalue weighted by Crippen LogP contribution is 2.31. The maximum Gasteiger partial charge on any atom is 0.251 e. The zero-order valence-corrected chi connectivity index (χ0v) is 23.1. The zero-order chi connectivity index (χ0) is 27.9. The molecule has 0 saturated heterocycles. The number of benzene rings is 1. The minimum absolute atomic E-state index is 0.144. The molecule has 0 spiro atoms. The van der Waals surface area contributed by atoms with Crippen molar-refractivity contribution in [1.82, 2.24) is 25.4 Å². The molecule has 10 nitrogen and oxygen atoms in total. The molecule has 4 atom stereocenters. The van der Waals surface area contributed by atoms with Crippen LogP contribution in [0.25, 0.3) is 16.7 Å². The summed E-state index contributed by atoms with van der Waals surface area (Å²) in [6.07, 6.45) is 6.21. The molecule has 0 bridgehead atoms. The number of nitrogens with one attached hydrogen (secondary N) is 2. The normalized spacial score (nSPS) is 16.2. The van der Waals surface area contributed by atoms with Crippen LogP contribution >= 0.6 is 0 Å². The molecule has 0 unspecified atom stereocenters. The van der Waals surface area contributed by atoms with Crippen molar-refractivity contribution in [1.29, 1.82) is 0 Å².